The molecular formula is C27H35N3O6. The van der Waals surface area contributed by atoms with Gasteiger partial charge in [-0.2, -0.15) is 0 Å². The number of carbonyl (C=O) groups is 3. The highest BCUT2D eigenvalue weighted by atomic mass is 16.5. The lowest BCUT2D eigenvalue weighted by Gasteiger charge is -2.36. The third kappa shape index (κ3) is 6.61. The van der Waals surface area contributed by atoms with Gasteiger partial charge in [0.05, 0.1) is 17.7 Å². The Morgan fingerprint density at radius 2 is 1.81 bits per heavy atom. The zero-order valence-corrected chi connectivity index (χ0v) is 21.5. The second-order valence-corrected chi connectivity index (χ2v) is 9.11. The van der Waals surface area contributed by atoms with Gasteiger partial charge in [0, 0.05) is 57.6 Å². The van der Waals surface area contributed by atoms with Gasteiger partial charge in [0.15, 0.2) is 0 Å². The van der Waals surface area contributed by atoms with Crippen LogP contribution in [0, 0.1) is 5.92 Å². The lowest BCUT2D eigenvalue weighted by Crippen LogP contribution is -2.48. The lowest BCUT2D eigenvalue weighted by molar-refractivity contribution is -0.119. The minimum atomic E-state index is -0.320. The lowest BCUT2D eigenvalue weighted by atomic mass is 10.0. The molecule has 0 unspecified atom stereocenters. The Morgan fingerprint density at radius 1 is 1.08 bits per heavy atom. The number of nitrogens with zero attached hydrogens (tertiary/aromatic N) is 2. The molecule has 0 aliphatic carbocycles. The number of anilines is 1. The quantitative estimate of drug-likeness (QED) is 0.682. The van der Waals surface area contributed by atoms with Crippen molar-refractivity contribution in [2.24, 2.45) is 5.92 Å². The second-order valence-electron chi connectivity index (χ2n) is 9.11. The fourth-order valence-electron chi connectivity index (χ4n) is 4.21. The Bertz CT molecular complexity index is 1060. The fourth-order valence-corrected chi connectivity index (χ4v) is 4.21. The number of nitrogens with one attached hydrogen (secondary N) is 1. The van der Waals surface area contributed by atoms with Gasteiger partial charge < -0.3 is 29.3 Å². The van der Waals surface area contributed by atoms with E-state index < -0.39 is 0 Å². The first-order valence-electron chi connectivity index (χ1n) is 11.9. The summed E-state index contributed by atoms with van der Waals surface area (Å²) < 4.78 is 16.7. The van der Waals surface area contributed by atoms with Crippen molar-refractivity contribution in [2.45, 2.75) is 26.0 Å². The number of hydrogen-bond acceptors (Lipinski definition) is 6. The largest absolute Gasteiger partial charge is 0.491 e. The smallest absolute Gasteiger partial charge is 0.257 e. The Hall–Kier alpha value is -3.43. The van der Waals surface area contributed by atoms with Gasteiger partial charge in [-0.1, -0.05) is 25.1 Å². The van der Waals surface area contributed by atoms with Crippen molar-refractivity contribution in [3.05, 3.63) is 59.7 Å². The number of fused-ring (bicyclic) bond motifs is 1. The van der Waals surface area contributed by atoms with Crippen LogP contribution in [-0.4, -0.2) is 87.2 Å². The molecule has 3 amide bonds. The highest BCUT2D eigenvalue weighted by Crippen LogP contribution is 2.27. The summed E-state index contributed by atoms with van der Waals surface area (Å²) in [6, 6.07) is 13.7. The van der Waals surface area contributed by atoms with Gasteiger partial charge in [-0.15, -0.1) is 0 Å². The van der Waals surface area contributed by atoms with Gasteiger partial charge in [0.25, 0.3) is 11.8 Å². The van der Waals surface area contributed by atoms with E-state index in [-0.39, 0.29) is 49.0 Å². The minimum absolute atomic E-state index is 0.0439. The van der Waals surface area contributed by atoms with E-state index in [1.165, 1.54) is 7.11 Å². The molecule has 0 saturated heterocycles. The Balaban J connectivity index is 1.97. The average Bonchev–Trinajstić information content (AvgIpc) is 2.88. The molecule has 0 radical (unpaired) electrons. The number of ether oxygens (including phenoxy) is 3. The van der Waals surface area contributed by atoms with Crippen LogP contribution in [0.25, 0.3) is 0 Å². The molecule has 36 heavy (non-hydrogen) atoms. The monoisotopic (exact) mass is 497 g/mol. The molecule has 3 atom stereocenters. The van der Waals surface area contributed by atoms with Crippen molar-refractivity contribution in [2.75, 3.05) is 52.9 Å². The molecule has 0 bridgehead atoms. The van der Waals surface area contributed by atoms with E-state index >= 15 is 0 Å². The molecule has 0 fully saturated rings. The van der Waals surface area contributed by atoms with Crippen LogP contribution in [0.5, 0.6) is 5.75 Å². The molecule has 1 aliphatic rings. The minimum Gasteiger partial charge on any atom is -0.491 e. The van der Waals surface area contributed by atoms with Crippen LogP contribution in [0.2, 0.25) is 0 Å². The Labute approximate surface area is 212 Å². The molecular weight excluding hydrogens is 462 g/mol. The Kier molecular flexibility index (Phi) is 9.44. The van der Waals surface area contributed by atoms with Crippen LogP contribution in [-0.2, 0) is 14.3 Å². The number of methoxy groups -OCH3 is 2. The summed E-state index contributed by atoms with van der Waals surface area (Å²) in [5, 5.41) is 2.73. The molecule has 9 nitrogen and oxygen atoms in total. The SMILES string of the molecule is COCC(=O)Nc1ccc2c(c1)OC[C@@H](C)N(C(=O)c1ccccc1)C[C@H](C)[C@H](OC)CN(C)C2=O. The highest BCUT2D eigenvalue weighted by Gasteiger charge is 2.30. The summed E-state index contributed by atoms with van der Waals surface area (Å²) in [4.78, 5) is 42.2. The first-order chi connectivity index (χ1) is 17.2. The molecule has 1 heterocycles. The van der Waals surface area contributed by atoms with Crippen LogP contribution >= 0.6 is 0 Å². The number of amides is 3. The van der Waals surface area contributed by atoms with E-state index in [4.69, 9.17) is 14.2 Å². The maximum atomic E-state index is 13.5. The van der Waals surface area contributed by atoms with Crippen LogP contribution < -0.4 is 10.1 Å². The summed E-state index contributed by atoms with van der Waals surface area (Å²) in [6.45, 7) is 4.76. The zero-order chi connectivity index (χ0) is 26.2. The van der Waals surface area contributed by atoms with Gasteiger partial charge in [-0.05, 0) is 31.2 Å². The van der Waals surface area contributed by atoms with E-state index in [9.17, 15) is 14.4 Å². The van der Waals surface area contributed by atoms with E-state index in [1.54, 1.807) is 54.3 Å². The topological polar surface area (TPSA) is 97.4 Å². The van der Waals surface area contributed by atoms with Gasteiger partial charge in [0.1, 0.15) is 19.0 Å². The van der Waals surface area contributed by atoms with E-state index in [0.29, 0.717) is 35.7 Å². The van der Waals surface area contributed by atoms with Crippen LogP contribution in [0.3, 0.4) is 0 Å². The summed E-state index contributed by atoms with van der Waals surface area (Å²) in [5.74, 6) is -0.365. The number of rotatable bonds is 5. The number of benzene rings is 2. The first kappa shape index (κ1) is 27.2. The number of hydrogen-bond donors (Lipinski definition) is 1. The van der Waals surface area contributed by atoms with E-state index in [2.05, 4.69) is 5.32 Å². The average molecular weight is 498 g/mol. The van der Waals surface area contributed by atoms with Crippen molar-refractivity contribution in [3.8, 4) is 5.75 Å². The molecule has 0 saturated carbocycles. The zero-order valence-electron chi connectivity index (χ0n) is 21.5. The van der Waals surface area contributed by atoms with Gasteiger partial charge >= 0.3 is 0 Å². The van der Waals surface area contributed by atoms with Crippen LogP contribution in [0.15, 0.2) is 48.5 Å². The second kappa shape index (κ2) is 12.5. The molecule has 0 spiro atoms. The first-order valence-corrected chi connectivity index (χ1v) is 11.9. The third-order valence-corrected chi connectivity index (χ3v) is 6.29. The maximum absolute atomic E-state index is 13.5. The molecule has 2 aromatic carbocycles. The normalized spacial score (nSPS) is 21.0. The number of carbonyl (C=O) groups excluding carboxylic acids is 3. The van der Waals surface area contributed by atoms with Crippen LogP contribution in [0.4, 0.5) is 5.69 Å². The van der Waals surface area contributed by atoms with Crippen molar-refractivity contribution in [1.29, 1.82) is 0 Å². The molecule has 0 aromatic heterocycles. The van der Waals surface area contributed by atoms with Gasteiger partial charge in [0.2, 0.25) is 5.91 Å². The molecule has 1 N–H and O–H groups in total. The highest BCUT2D eigenvalue weighted by molar-refractivity contribution is 5.98. The summed E-state index contributed by atoms with van der Waals surface area (Å²) in [6.07, 6.45) is -0.284. The van der Waals surface area contributed by atoms with Gasteiger partial charge in [-0.25, -0.2) is 0 Å². The molecule has 1 aliphatic heterocycles. The van der Waals surface area contributed by atoms with Crippen molar-refractivity contribution in [3.63, 3.8) is 0 Å². The molecule has 9 heteroatoms. The Morgan fingerprint density at radius 3 is 2.47 bits per heavy atom. The van der Waals surface area contributed by atoms with E-state index in [1.807, 2.05) is 32.0 Å². The van der Waals surface area contributed by atoms with E-state index in [0.717, 1.165) is 0 Å². The summed E-state index contributed by atoms with van der Waals surface area (Å²) >= 11 is 0. The number of likely N-dealkylation sites (N-methyl/N-ethyl adjacent to an activating group) is 1. The predicted molar refractivity (Wildman–Crippen MR) is 136 cm³/mol. The predicted octanol–water partition coefficient (Wildman–Crippen LogP) is 2.92. The van der Waals surface area contributed by atoms with Crippen LogP contribution in [0.1, 0.15) is 34.6 Å². The fraction of sp³-hybridized carbons (Fsp3) is 0.444. The van der Waals surface area contributed by atoms with Crippen molar-refractivity contribution in [1.82, 2.24) is 9.80 Å². The third-order valence-electron chi connectivity index (χ3n) is 6.29. The van der Waals surface area contributed by atoms with Gasteiger partial charge in [-0.3, -0.25) is 14.4 Å². The molecule has 3 rings (SSSR count). The van der Waals surface area contributed by atoms with Crippen molar-refractivity contribution >= 4 is 23.4 Å². The molecule has 2 aromatic rings. The molecule has 194 valence electrons. The summed E-state index contributed by atoms with van der Waals surface area (Å²) in [7, 11) is 4.76. The summed E-state index contributed by atoms with van der Waals surface area (Å²) in [5.41, 5.74) is 1.43. The maximum Gasteiger partial charge on any atom is 0.257 e. The van der Waals surface area contributed by atoms with Crippen molar-refractivity contribution < 1.29 is 28.6 Å². The standard InChI is InChI=1S/C27H35N3O6/c1-18-14-30(26(32)20-9-7-6-8-10-20)19(2)16-36-23-13-21(28-25(31)17-34-4)11-12-22(23)27(33)29(3)15-24(18)35-5/h6-13,18-19,24H,14-17H2,1-5H3,(H,28,31)/t18-,19+,24+/m0/s1.